The van der Waals surface area contributed by atoms with Gasteiger partial charge < -0.3 is 10.2 Å². The zero-order chi connectivity index (χ0) is 22.7. The number of benzene rings is 2. The highest BCUT2D eigenvalue weighted by molar-refractivity contribution is 6.48. The number of nitrogens with one attached hydrogen (secondary N) is 1. The summed E-state index contributed by atoms with van der Waals surface area (Å²) in [6.07, 6.45) is 2.55. The summed E-state index contributed by atoms with van der Waals surface area (Å²) in [6, 6.07) is 16.6. The van der Waals surface area contributed by atoms with Crippen molar-refractivity contribution in [3.63, 3.8) is 0 Å². The molecule has 0 saturated carbocycles. The van der Waals surface area contributed by atoms with Gasteiger partial charge in [0.1, 0.15) is 10.7 Å². The Labute approximate surface area is 192 Å². The third kappa shape index (κ3) is 4.70. The second-order valence-electron chi connectivity index (χ2n) is 8.37. The quantitative estimate of drug-likeness (QED) is 0.673. The maximum absolute atomic E-state index is 12.9. The second-order valence-corrected chi connectivity index (χ2v) is 8.75. The number of likely N-dealkylation sites (tertiary alicyclic amines) is 1. The van der Waals surface area contributed by atoms with Crippen LogP contribution in [0.1, 0.15) is 35.7 Å². The van der Waals surface area contributed by atoms with Crippen molar-refractivity contribution in [2.75, 3.05) is 25.0 Å². The number of piperidine rings is 1. The van der Waals surface area contributed by atoms with Crippen LogP contribution in [0.4, 0.5) is 5.69 Å². The van der Waals surface area contributed by atoms with Crippen LogP contribution < -0.4 is 5.32 Å². The molecule has 32 heavy (non-hydrogen) atoms. The number of amides is 3. The van der Waals surface area contributed by atoms with E-state index in [1.165, 1.54) is 0 Å². The van der Waals surface area contributed by atoms with Crippen LogP contribution in [0.15, 0.2) is 65.3 Å². The maximum atomic E-state index is 12.9. The van der Waals surface area contributed by atoms with Crippen LogP contribution in [0.2, 0.25) is 0 Å². The molecule has 1 N–H and O–H groups in total. The first kappa shape index (κ1) is 22.1. The summed E-state index contributed by atoms with van der Waals surface area (Å²) in [5.41, 5.74) is 2.16. The summed E-state index contributed by atoms with van der Waals surface area (Å²) in [6.45, 7) is 3.94. The van der Waals surface area contributed by atoms with E-state index >= 15 is 0 Å². The Morgan fingerprint density at radius 3 is 2.47 bits per heavy atom. The van der Waals surface area contributed by atoms with Crippen molar-refractivity contribution in [2.45, 2.75) is 26.2 Å². The lowest BCUT2D eigenvalue weighted by Gasteiger charge is -2.30. The van der Waals surface area contributed by atoms with Gasteiger partial charge in [0.05, 0.1) is 0 Å². The van der Waals surface area contributed by atoms with Crippen LogP contribution in [-0.2, 0) is 16.0 Å². The molecule has 1 saturated heterocycles. The number of imide groups is 1. The molecular weight excluding hydrogens is 426 g/mol. The molecule has 2 aromatic rings. The molecule has 1 fully saturated rings. The Morgan fingerprint density at radius 2 is 1.75 bits per heavy atom. The molecule has 2 aromatic carbocycles. The summed E-state index contributed by atoms with van der Waals surface area (Å²) in [4.78, 5) is 41.3. The van der Waals surface area contributed by atoms with Crippen molar-refractivity contribution in [3.05, 3.63) is 76.5 Å². The molecule has 0 bridgehead atoms. The van der Waals surface area contributed by atoms with E-state index in [9.17, 15) is 14.4 Å². The van der Waals surface area contributed by atoms with Crippen LogP contribution in [0.25, 0.3) is 0 Å². The predicted octanol–water partition coefficient (Wildman–Crippen LogP) is 4.03. The van der Waals surface area contributed by atoms with E-state index in [1.807, 2.05) is 35.2 Å². The van der Waals surface area contributed by atoms with Gasteiger partial charge in [-0.3, -0.25) is 19.3 Å². The van der Waals surface area contributed by atoms with Crippen LogP contribution in [-0.4, -0.2) is 47.2 Å². The normalized spacial score (nSPS) is 17.3. The number of hydrogen-bond acceptors (Lipinski definition) is 4. The van der Waals surface area contributed by atoms with Crippen LogP contribution >= 0.6 is 11.6 Å². The summed E-state index contributed by atoms with van der Waals surface area (Å²) in [7, 11) is 0. The Morgan fingerprint density at radius 1 is 1.03 bits per heavy atom. The fraction of sp³-hybridized carbons (Fsp3) is 0.320. The fourth-order valence-electron chi connectivity index (χ4n) is 4.01. The van der Waals surface area contributed by atoms with Crippen molar-refractivity contribution in [1.82, 2.24) is 9.80 Å². The molecule has 2 aliphatic rings. The van der Waals surface area contributed by atoms with Gasteiger partial charge in [-0.1, -0.05) is 54.9 Å². The molecule has 0 unspecified atom stereocenters. The highest BCUT2D eigenvalue weighted by atomic mass is 35.5. The van der Waals surface area contributed by atoms with E-state index in [0.717, 1.165) is 36.4 Å². The molecule has 166 valence electrons. The third-order valence-corrected chi connectivity index (χ3v) is 6.38. The first-order chi connectivity index (χ1) is 15.4. The van der Waals surface area contributed by atoms with Gasteiger partial charge >= 0.3 is 0 Å². The topological polar surface area (TPSA) is 69.7 Å². The Bertz CT molecular complexity index is 1060. The number of carbonyl (C=O) groups excluding carboxylic acids is 3. The summed E-state index contributed by atoms with van der Waals surface area (Å²) < 4.78 is 0. The van der Waals surface area contributed by atoms with E-state index in [-0.39, 0.29) is 23.2 Å². The largest absolute Gasteiger partial charge is 0.350 e. The lowest BCUT2D eigenvalue weighted by Crippen LogP contribution is -2.37. The molecule has 6 nitrogen and oxygen atoms in total. The molecule has 0 atom stereocenters. The Balaban J connectivity index is 1.44. The average molecular weight is 452 g/mol. The number of nitrogens with zero attached hydrogens (tertiary/aromatic N) is 2. The molecule has 0 radical (unpaired) electrons. The standard InChI is InChI=1S/C25H26ClN3O3/c1-17-10-13-28(14-11-17)23(30)19-8-5-9-20(16-19)27-22-21(26)24(31)29(25(22)32)15-12-18-6-3-2-4-7-18/h2-9,16-17,27H,10-15H2,1H3. The van der Waals surface area contributed by atoms with E-state index < -0.39 is 11.8 Å². The number of anilines is 1. The van der Waals surface area contributed by atoms with Crippen LogP contribution in [0, 0.1) is 5.92 Å². The molecular formula is C25H26ClN3O3. The van der Waals surface area contributed by atoms with Gasteiger partial charge in [-0.25, -0.2) is 0 Å². The summed E-state index contributed by atoms with van der Waals surface area (Å²) in [5, 5.41) is 2.83. The van der Waals surface area contributed by atoms with E-state index in [2.05, 4.69) is 12.2 Å². The lowest BCUT2D eigenvalue weighted by atomic mass is 9.98. The third-order valence-electron chi connectivity index (χ3n) is 6.03. The van der Waals surface area contributed by atoms with Gasteiger partial charge in [-0.05, 0) is 48.9 Å². The smallest absolute Gasteiger partial charge is 0.278 e. The van der Waals surface area contributed by atoms with E-state index in [4.69, 9.17) is 11.6 Å². The van der Waals surface area contributed by atoms with Gasteiger partial charge in [-0.15, -0.1) is 0 Å². The highest BCUT2D eigenvalue weighted by Crippen LogP contribution is 2.27. The zero-order valence-corrected chi connectivity index (χ0v) is 18.8. The summed E-state index contributed by atoms with van der Waals surface area (Å²) >= 11 is 6.22. The Kier molecular flexibility index (Phi) is 6.61. The van der Waals surface area contributed by atoms with Crippen molar-refractivity contribution in [3.8, 4) is 0 Å². The monoisotopic (exact) mass is 451 g/mol. The van der Waals surface area contributed by atoms with Crippen molar-refractivity contribution >= 4 is 35.0 Å². The number of rotatable bonds is 6. The number of hydrogen-bond donors (Lipinski definition) is 1. The minimum Gasteiger partial charge on any atom is -0.350 e. The zero-order valence-electron chi connectivity index (χ0n) is 18.0. The fourth-order valence-corrected chi connectivity index (χ4v) is 4.24. The van der Waals surface area contributed by atoms with Gasteiger partial charge in [0.15, 0.2) is 0 Å². The van der Waals surface area contributed by atoms with Gasteiger partial charge in [0, 0.05) is 30.9 Å². The SMILES string of the molecule is CC1CCN(C(=O)c2cccc(NC3=C(Cl)C(=O)N(CCc4ccccc4)C3=O)c2)CC1. The van der Waals surface area contributed by atoms with Crippen molar-refractivity contribution in [2.24, 2.45) is 5.92 Å². The average Bonchev–Trinajstić information content (AvgIpc) is 3.01. The molecule has 3 amide bonds. The molecule has 7 heteroatoms. The second kappa shape index (κ2) is 9.57. The number of halogens is 1. The van der Waals surface area contributed by atoms with Crippen molar-refractivity contribution < 1.29 is 14.4 Å². The highest BCUT2D eigenvalue weighted by Gasteiger charge is 2.37. The molecule has 0 aliphatic carbocycles. The minimum atomic E-state index is -0.509. The minimum absolute atomic E-state index is 0.0288. The van der Waals surface area contributed by atoms with Crippen molar-refractivity contribution in [1.29, 1.82) is 0 Å². The van der Waals surface area contributed by atoms with Crippen LogP contribution in [0.5, 0.6) is 0 Å². The first-order valence-corrected chi connectivity index (χ1v) is 11.3. The lowest BCUT2D eigenvalue weighted by molar-refractivity contribution is -0.137. The van der Waals surface area contributed by atoms with E-state index in [0.29, 0.717) is 23.6 Å². The Hall–Kier alpha value is -3.12. The molecule has 0 aromatic heterocycles. The predicted molar refractivity (Wildman–Crippen MR) is 124 cm³/mol. The molecule has 2 aliphatic heterocycles. The first-order valence-electron chi connectivity index (χ1n) is 10.9. The van der Waals surface area contributed by atoms with Gasteiger partial charge in [-0.2, -0.15) is 0 Å². The number of carbonyl (C=O) groups is 3. The maximum Gasteiger partial charge on any atom is 0.278 e. The van der Waals surface area contributed by atoms with Crippen LogP contribution in [0.3, 0.4) is 0 Å². The molecule has 2 heterocycles. The van der Waals surface area contributed by atoms with Gasteiger partial charge in [0.25, 0.3) is 17.7 Å². The van der Waals surface area contributed by atoms with E-state index in [1.54, 1.807) is 24.3 Å². The van der Waals surface area contributed by atoms with Gasteiger partial charge in [0.2, 0.25) is 0 Å². The summed E-state index contributed by atoms with van der Waals surface area (Å²) in [5.74, 6) is -0.363. The molecule has 4 rings (SSSR count). The molecule has 0 spiro atoms.